The summed E-state index contributed by atoms with van der Waals surface area (Å²) in [7, 11) is 1.34. The summed E-state index contributed by atoms with van der Waals surface area (Å²) >= 11 is 0. The third-order valence-electron chi connectivity index (χ3n) is 5.04. The first kappa shape index (κ1) is 23.0. The van der Waals surface area contributed by atoms with Crippen molar-refractivity contribution in [1.82, 2.24) is 10.6 Å². The van der Waals surface area contributed by atoms with Gasteiger partial charge in [-0.1, -0.05) is 91.0 Å². The highest BCUT2D eigenvalue weighted by Crippen LogP contribution is 2.10. The number of alkyl carbamates (subject to hydrolysis) is 1. The lowest BCUT2D eigenvalue weighted by molar-refractivity contribution is -0.143. The topological polar surface area (TPSA) is 76.7 Å². The first-order valence-electron chi connectivity index (χ1n) is 10.5. The van der Waals surface area contributed by atoms with Crippen LogP contribution >= 0.6 is 0 Å². The summed E-state index contributed by atoms with van der Waals surface area (Å²) in [5, 5.41) is 6.10. The van der Waals surface area contributed by atoms with Gasteiger partial charge in [0.25, 0.3) is 0 Å². The Morgan fingerprint density at radius 2 is 1.31 bits per heavy atom. The summed E-state index contributed by atoms with van der Waals surface area (Å²) in [6.07, 6.45) is -0.159. The highest BCUT2D eigenvalue weighted by Gasteiger charge is 2.31. The Bertz CT molecular complexity index is 965. The van der Waals surface area contributed by atoms with Gasteiger partial charge in [0.05, 0.1) is 13.2 Å². The number of esters is 1. The molecule has 0 saturated heterocycles. The van der Waals surface area contributed by atoms with Crippen molar-refractivity contribution in [1.29, 1.82) is 0 Å². The van der Waals surface area contributed by atoms with Crippen LogP contribution in [0.2, 0.25) is 0 Å². The summed E-state index contributed by atoms with van der Waals surface area (Å²) in [6, 6.07) is 27.5. The van der Waals surface area contributed by atoms with E-state index in [4.69, 9.17) is 9.47 Å². The van der Waals surface area contributed by atoms with Gasteiger partial charge in [-0.05, 0) is 23.1 Å². The van der Waals surface area contributed by atoms with E-state index in [0.717, 1.165) is 16.7 Å². The van der Waals surface area contributed by atoms with E-state index in [2.05, 4.69) is 10.6 Å². The fourth-order valence-corrected chi connectivity index (χ4v) is 3.38. The Kier molecular flexibility index (Phi) is 8.83. The Morgan fingerprint density at radius 1 is 0.781 bits per heavy atom. The normalized spacial score (nSPS) is 12.4. The number of rotatable bonds is 10. The molecule has 0 saturated carbocycles. The smallest absolute Gasteiger partial charge is 0.407 e. The summed E-state index contributed by atoms with van der Waals surface area (Å²) in [5.41, 5.74) is 2.89. The van der Waals surface area contributed by atoms with Gasteiger partial charge in [-0.3, -0.25) is 10.1 Å². The molecule has 3 aromatic rings. The number of amides is 1. The van der Waals surface area contributed by atoms with Gasteiger partial charge in [-0.2, -0.15) is 0 Å². The number of hydrogen-bond donors (Lipinski definition) is 2. The number of hydrogen-bond acceptors (Lipinski definition) is 5. The number of ether oxygens (including phenoxy) is 2. The highest BCUT2D eigenvalue weighted by atomic mass is 16.5. The first-order valence-corrected chi connectivity index (χ1v) is 10.5. The molecule has 1 unspecified atom stereocenters. The zero-order chi connectivity index (χ0) is 22.6. The molecule has 2 atom stereocenters. The Morgan fingerprint density at radius 3 is 1.88 bits per heavy atom. The molecule has 32 heavy (non-hydrogen) atoms. The molecular weight excluding hydrogens is 404 g/mol. The van der Waals surface area contributed by atoms with Crippen molar-refractivity contribution in [2.24, 2.45) is 0 Å². The number of carbonyl (C=O) groups excluding carboxylic acids is 2. The van der Waals surface area contributed by atoms with E-state index in [1.54, 1.807) is 0 Å². The second-order valence-corrected chi connectivity index (χ2v) is 7.37. The van der Waals surface area contributed by atoms with Crippen molar-refractivity contribution in [2.45, 2.75) is 31.7 Å². The number of benzene rings is 3. The Balaban J connectivity index is 1.73. The predicted octanol–water partition coefficient (Wildman–Crippen LogP) is 3.86. The van der Waals surface area contributed by atoms with E-state index in [-0.39, 0.29) is 6.61 Å². The third kappa shape index (κ3) is 7.25. The first-order chi connectivity index (χ1) is 15.7. The second-order valence-electron chi connectivity index (χ2n) is 7.37. The van der Waals surface area contributed by atoms with E-state index in [0.29, 0.717) is 13.0 Å². The molecule has 3 rings (SSSR count). The van der Waals surface area contributed by atoms with Crippen LogP contribution in [0.4, 0.5) is 4.79 Å². The van der Waals surface area contributed by atoms with Crippen molar-refractivity contribution in [3.8, 4) is 0 Å². The van der Waals surface area contributed by atoms with Crippen LogP contribution in [-0.2, 0) is 33.8 Å². The molecule has 0 radical (unpaired) electrons. The molecule has 6 nitrogen and oxygen atoms in total. The van der Waals surface area contributed by atoms with Gasteiger partial charge < -0.3 is 14.8 Å². The second kappa shape index (κ2) is 12.3. The van der Waals surface area contributed by atoms with Gasteiger partial charge in [0.2, 0.25) is 0 Å². The minimum atomic E-state index is -0.760. The molecule has 0 fully saturated rings. The quantitative estimate of drug-likeness (QED) is 0.476. The van der Waals surface area contributed by atoms with Gasteiger partial charge in [0.15, 0.2) is 0 Å². The van der Waals surface area contributed by atoms with Crippen molar-refractivity contribution in [2.75, 3.05) is 7.11 Å². The standard InChI is InChI=1S/C26H28N2O4/c1-31-25(29)24(27-18-21-13-7-3-8-14-21)23(17-20-11-5-2-6-12-20)28-26(30)32-19-22-15-9-4-10-16-22/h2-16,23-24,27H,17-19H2,1H3,(H,28,30)/t23-,24?/m0/s1. The van der Waals surface area contributed by atoms with E-state index >= 15 is 0 Å². The maximum Gasteiger partial charge on any atom is 0.407 e. The monoisotopic (exact) mass is 432 g/mol. The van der Waals surface area contributed by atoms with Crippen molar-refractivity contribution in [3.05, 3.63) is 108 Å². The van der Waals surface area contributed by atoms with Crippen LogP contribution in [-0.4, -0.2) is 31.3 Å². The summed E-state index contributed by atoms with van der Waals surface area (Å²) < 4.78 is 10.4. The van der Waals surface area contributed by atoms with Gasteiger partial charge in [-0.15, -0.1) is 0 Å². The third-order valence-corrected chi connectivity index (χ3v) is 5.04. The van der Waals surface area contributed by atoms with Gasteiger partial charge >= 0.3 is 12.1 Å². The molecule has 2 N–H and O–H groups in total. The largest absolute Gasteiger partial charge is 0.468 e. The molecule has 0 aliphatic carbocycles. The number of carbonyl (C=O) groups is 2. The molecule has 0 spiro atoms. The van der Waals surface area contributed by atoms with Gasteiger partial charge in [0.1, 0.15) is 12.6 Å². The van der Waals surface area contributed by atoms with Crippen LogP contribution in [0.1, 0.15) is 16.7 Å². The van der Waals surface area contributed by atoms with Crippen LogP contribution in [0.3, 0.4) is 0 Å². The van der Waals surface area contributed by atoms with Crippen LogP contribution < -0.4 is 10.6 Å². The average Bonchev–Trinajstić information content (AvgIpc) is 2.84. The van der Waals surface area contributed by atoms with Crippen LogP contribution in [0.5, 0.6) is 0 Å². The van der Waals surface area contributed by atoms with Crippen molar-refractivity contribution in [3.63, 3.8) is 0 Å². The lowest BCUT2D eigenvalue weighted by atomic mass is 9.99. The summed E-state index contributed by atoms with van der Waals surface area (Å²) in [6.45, 7) is 0.595. The molecule has 0 heterocycles. The summed E-state index contributed by atoms with van der Waals surface area (Å²) in [4.78, 5) is 25.2. The molecule has 3 aromatic carbocycles. The van der Waals surface area contributed by atoms with Crippen molar-refractivity contribution < 1.29 is 19.1 Å². The fourth-order valence-electron chi connectivity index (χ4n) is 3.38. The maximum atomic E-state index is 12.6. The Hall–Kier alpha value is -3.64. The van der Waals surface area contributed by atoms with E-state index in [1.165, 1.54) is 7.11 Å². The lowest BCUT2D eigenvalue weighted by Crippen LogP contribution is -2.55. The predicted molar refractivity (Wildman–Crippen MR) is 123 cm³/mol. The van der Waals surface area contributed by atoms with Crippen molar-refractivity contribution >= 4 is 12.1 Å². The Labute approximate surface area is 188 Å². The molecular formula is C26H28N2O4. The summed E-state index contributed by atoms with van der Waals surface area (Å²) in [5.74, 6) is -0.453. The molecule has 0 bridgehead atoms. The molecule has 0 aliphatic heterocycles. The number of methoxy groups -OCH3 is 1. The van der Waals surface area contributed by atoms with Crippen LogP contribution in [0.15, 0.2) is 91.0 Å². The molecule has 166 valence electrons. The van der Waals surface area contributed by atoms with Crippen LogP contribution in [0.25, 0.3) is 0 Å². The van der Waals surface area contributed by atoms with Gasteiger partial charge in [0, 0.05) is 6.54 Å². The number of nitrogens with one attached hydrogen (secondary N) is 2. The van der Waals surface area contributed by atoms with E-state index < -0.39 is 24.1 Å². The SMILES string of the molecule is COC(=O)C(NCc1ccccc1)[C@H](Cc1ccccc1)NC(=O)OCc1ccccc1. The molecule has 1 amide bonds. The maximum absolute atomic E-state index is 12.6. The lowest BCUT2D eigenvalue weighted by Gasteiger charge is -2.27. The van der Waals surface area contributed by atoms with Gasteiger partial charge in [-0.25, -0.2) is 4.79 Å². The van der Waals surface area contributed by atoms with E-state index in [1.807, 2.05) is 91.0 Å². The fraction of sp³-hybridized carbons (Fsp3) is 0.231. The minimum absolute atomic E-state index is 0.144. The minimum Gasteiger partial charge on any atom is -0.468 e. The molecule has 6 heteroatoms. The highest BCUT2D eigenvalue weighted by molar-refractivity contribution is 5.78. The molecule has 0 aliphatic rings. The average molecular weight is 433 g/mol. The van der Waals surface area contributed by atoms with E-state index in [9.17, 15) is 9.59 Å². The zero-order valence-corrected chi connectivity index (χ0v) is 18.1. The zero-order valence-electron chi connectivity index (χ0n) is 18.1. The van der Waals surface area contributed by atoms with Crippen LogP contribution in [0, 0.1) is 0 Å². The molecule has 0 aromatic heterocycles.